The van der Waals surface area contributed by atoms with Crippen LogP contribution in [0.3, 0.4) is 0 Å². The molecule has 0 aliphatic carbocycles. The van der Waals surface area contributed by atoms with Gasteiger partial charge < -0.3 is 37.1 Å². The van der Waals surface area contributed by atoms with Gasteiger partial charge in [-0.25, -0.2) is 9.78 Å². The number of aromatic amines is 1. The van der Waals surface area contributed by atoms with Crippen LogP contribution in [0.4, 0.5) is 0 Å². The first-order valence-electron chi connectivity index (χ1n) is 10.8. The Morgan fingerprint density at radius 1 is 1.29 bits per heavy atom. The summed E-state index contributed by atoms with van der Waals surface area (Å²) in [5.74, 6) is -3.35. The van der Waals surface area contributed by atoms with E-state index in [0.717, 1.165) is 0 Å². The van der Waals surface area contributed by atoms with Crippen molar-refractivity contribution in [3.8, 4) is 0 Å². The van der Waals surface area contributed by atoms with Crippen molar-refractivity contribution in [1.82, 2.24) is 25.5 Å². The number of imidazole rings is 1. The molecule has 188 valence electrons. The van der Waals surface area contributed by atoms with Crippen LogP contribution in [0, 0.1) is 0 Å². The number of carbonyl (C=O) groups excluding carboxylic acids is 4. The Morgan fingerprint density at radius 3 is 2.62 bits per heavy atom. The number of nitrogens with one attached hydrogen (secondary N) is 3. The van der Waals surface area contributed by atoms with Crippen LogP contribution < -0.4 is 22.1 Å². The lowest BCUT2D eigenvalue weighted by atomic mass is 10.1. The third kappa shape index (κ3) is 7.73. The van der Waals surface area contributed by atoms with Crippen LogP contribution in [-0.4, -0.2) is 92.3 Å². The summed E-state index contributed by atoms with van der Waals surface area (Å²) < 4.78 is 0. The Kier molecular flexibility index (Phi) is 10.3. The summed E-state index contributed by atoms with van der Waals surface area (Å²) >= 11 is 1.50. The van der Waals surface area contributed by atoms with Crippen LogP contribution in [0.5, 0.6) is 0 Å². The zero-order valence-corrected chi connectivity index (χ0v) is 19.7. The van der Waals surface area contributed by atoms with Crippen molar-refractivity contribution in [1.29, 1.82) is 0 Å². The van der Waals surface area contributed by atoms with Crippen LogP contribution in [0.15, 0.2) is 12.5 Å². The van der Waals surface area contributed by atoms with Crippen molar-refractivity contribution in [2.24, 2.45) is 11.5 Å². The third-order valence-electron chi connectivity index (χ3n) is 5.42. The molecule has 1 aliphatic rings. The quantitative estimate of drug-likeness (QED) is 0.177. The topological polar surface area (TPSA) is 214 Å². The molecule has 0 saturated carbocycles. The smallest absolute Gasteiger partial charge is 0.326 e. The van der Waals surface area contributed by atoms with Gasteiger partial charge in [0.05, 0.1) is 18.8 Å². The van der Waals surface area contributed by atoms with Gasteiger partial charge in [-0.1, -0.05) is 0 Å². The van der Waals surface area contributed by atoms with Crippen molar-refractivity contribution in [3.63, 3.8) is 0 Å². The number of aromatic nitrogens is 2. The Morgan fingerprint density at radius 2 is 2.03 bits per heavy atom. The second kappa shape index (κ2) is 12.9. The molecule has 0 aromatic carbocycles. The normalized spacial score (nSPS) is 18.1. The van der Waals surface area contributed by atoms with Crippen LogP contribution in [0.1, 0.15) is 31.4 Å². The number of nitrogens with two attached hydrogens (primary N) is 2. The number of primary amides is 1. The average Bonchev–Trinajstić information content (AvgIpc) is 3.47. The Hall–Kier alpha value is -3.13. The highest BCUT2D eigenvalue weighted by Crippen LogP contribution is 2.20. The number of carbonyl (C=O) groups is 5. The average molecular weight is 498 g/mol. The van der Waals surface area contributed by atoms with Gasteiger partial charge in [-0.05, 0) is 31.3 Å². The number of likely N-dealkylation sites (tertiary alicyclic amines) is 1. The predicted octanol–water partition coefficient (Wildman–Crippen LogP) is -2.05. The molecule has 4 amide bonds. The first-order valence-corrected chi connectivity index (χ1v) is 12.2. The van der Waals surface area contributed by atoms with Crippen molar-refractivity contribution in [2.75, 3.05) is 18.6 Å². The van der Waals surface area contributed by atoms with E-state index in [0.29, 0.717) is 30.7 Å². The highest BCUT2D eigenvalue weighted by Gasteiger charge is 2.39. The fourth-order valence-corrected chi connectivity index (χ4v) is 4.14. The number of aliphatic carboxylic acids is 1. The first kappa shape index (κ1) is 27.1. The van der Waals surface area contributed by atoms with Gasteiger partial charge in [0.2, 0.25) is 23.6 Å². The zero-order chi connectivity index (χ0) is 25.3. The van der Waals surface area contributed by atoms with E-state index < -0.39 is 60.2 Å². The molecule has 1 aliphatic heterocycles. The highest BCUT2D eigenvalue weighted by atomic mass is 32.2. The van der Waals surface area contributed by atoms with Gasteiger partial charge in [-0.15, -0.1) is 0 Å². The van der Waals surface area contributed by atoms with Gasteiger partial charge in [-0.2, -0.15) is 11.8 Å². The monoisotopic (exact) mass is 497 g/mol. The number of rotatable bonds is 13. The van der Waals surface area contributed by atoms with Crippen LogP contribution >= 0.6 is 11.8 Å². The van der Waals surface area contributed by atoms with Gasteiger partial charge in [-0.3, -0.25) is 19.2 Å². The molecule has 0 spiro atoms. The van der Waals surface area contributed by atoms with Crippen LogP contribution in [-0.2, 0) is 30.4 Å². The van der Waals surface area contributed by atoms with Crippen LogP contribution in [0.25, 0.3) is 0 Å². The Labute approximate surface area is 200 Å². The molecule has 4 atom stereocenters. The van der Waals surface area contributed by atoms with Crippen molar-refractivity contribution in [3.05, 3.63) is 18.2 Å². The molecule has 2 rings (SSSR count). The Bertz CT molecular complexity index is 881. The number of nitrogens with zero attached hydrogens (tertiary/aromatic N) is 2. The van der Waals surface area contributed by atoms with E-state index >= 15 is 0 Å². The summed E-state index contributed by atoms with van der Waals surface area (Å²) in [5.41, 5.74) is 11.7. The standard InChI is InChI=1S/C20H31N7O6S/c1-34-6-4-13(25-17(29)12(21)7-11-9-23-10-24-11)19(31)27-5-2-3-15(27)18(30)26-14(20(32)33)8-16(22)28/h9-10,12-15H,2-8,21H2,1H3,(H2,22,28)(H,23,24)(H,25,29)(H,26,30)(H,32,33). The maximum atomic E-state index is 13.3. The molecule has 1 fully saturated rings. The van der Waals surface area contributed by atoms with E-state index in [9.17, 15) is 29.1 Å². The van der Waals surface area contributed by atoms with Gasteiger partial charge in [0.15, 0.2) is 0 Å². The number of thioether (sulfide) groups is 1. The molecule has 1 saturated heterocycles. The lowest BCUT2D eigenvalue weighted by Crippen LogP contribution is -2.57. The van der Waals surface area contributed by atoms with E-state index in [4.69, 9.17) is 11.5 Å². The molecule has 14 heteroatoms. The second-order valence-corrected chi connectivity index (χ2v) is 8.98. The zero-order valence-electron chi connectivity index (χ0n) is 18.9. The molecule has 1 aromatic heterocycles. The van der Waals surface area contributed by atoms with E-state index in [-0.39, 0.29) is 13.0 Å². The van der Waals surface area contributed by atoms with Crippen molar-refractivity contribution < 1.29 is 29.1 Å². The molecule has 13 nitrogen and oxygen atoms in total. The van der Waals surface area contributed by atoms with Gasteiger partial charge >= 0.3 is 5.97 Å². The van der Waals surface area contributed by atoms with E-state index in [1.54, 1.807) is 6.20 Å². The fourth-order valence-electron chi connectivity index (χ4n) is 3.67. The number of amides is 4. The summed E-state index contributed by atoms with van der Waals surface area (Å²) in [6.07, 6.45) is 5.71. The lowest BCUT2D eigenvalue weighted by molar-refractivity contribution is -0.145. The fraction of sp³-hybridized carbons (Fsp3) is 0.600. The SMILES string of the molecule is CSCCC(NC(=O)C(N)Cc1cnc[nH]1)C(=O)N1CCCC1C(=O)NC(CC(N)=O)C(=O)O. The predicted molar refractivity (Wildman–Crippen MR) is 123 cm³/mol. The summed E-state index contributed by atoms with van der Waals surface area (Å²) in [6, 6.07) is -4.22. The molecular weight excluding hydrogens is 466 g/mol. The van der Waals surface area contributed by atoms with E-state index in [1.165, 1.54) is 23.0 Å². The molecule has 34 heavy (non-hydrogen) atoms. The van der Waals surface area contributed by atoms with E-state index in [1.807, 2.05) is 6.26 Å². The summed E-state index contributed by atoms with van der Waals surface area (Å²) in [7, 11) is 0. The molecule has 4 unspecified atom stereocenters. The summed E-state index contributed by atoms with van der Waals surface area (Å²) in [6.45, 7) is 0.274. The van der Waals surface area contributed by atoms with Gasteiger partial charge in [0.1, 0.15) is 18.1 Å². The first-order chi connectivity index (χ1) is 16.1. The largest absolute Gasteiger partial charge is 0.480 e. The second-order valence-electron chi connectivity index (χ2n) is 7.99. The summed E-state index contributed by atoms with van der Waals surface area (Å²) in [5, 5.41) is 14.2. The lowest BCUT2D eigenvalue weighted by Gasteiger charge is -2.30. The maximum absolute atomic E-state index is 13.3. The van der Waals surface area contributed by atoms with Gasteiger partial charge in [0, 0.05) is 24.9 Å². The molecule has 2 heterocycles. The van der Waals surface area contributed by atoms with Crippen molar-refractivity contribution in [2.45, 2.75) is 56.3 Å². The Balaban J connectivity index is 2.08. The minimum absolute atomic E-state index is 0.209. The van der Waals surface area contributed by atoms with E-state index in [2.05, 4.69) is 20.6 Å². The molecule has 1 aromatic rings. The maximum Gasteiger partial charge on any atom is 0.326 e. The van der Waals surface area contributed by atoms with Gasteiger partial charge in [0.25, 0.3) is 0 Å². The number of hydrogen-bond acceptors (Lipinski definition) is 8. The number of hydrogen-bond donors (Lipinski definition) is 6. The summed E-state index contributed by atoms with van der Waals surface area (Å²) in [4.78, 5) is 69.3. The molecule has 0 bridgehead atoms. The minimum atomic E-state index is -1.49. The molecule has 0 radical (unpaired) electrons. The number of carboxylic acids is 1. The highest BCUT2D eigenvalue weighted by molar-refractivity contribution is 7.98. The molecule has 8 N–H and O–H groups in total. The third-order valence-corrected chi connectivity index (χ3v) is 6.06. The van der Waals surface area contributed by atoms with Crippen molar-refractivity contribution >= 4 is 41.4 Å². The van der Waals surface area contributed by atoms with Crippen LogP contribution in [0.2, 0.25) is 0 Å². The number of H-pyrrole nitrogens is 1. The minimum Gasteiger partial charge on any atom is -0.480 e. The number of carboxylic acid groups (broad SMARTS) is 1. The molecular formula is C20H31N7O6S.